The molecule has 0 unspecified atom stereocenters. The summed E-state index contributed by atoms with van der Waals surface area (Å²) in [5, 5.41) is 3.48. The van der Waals surface area contributed by atoms with Crippen LogP contribution in [0, 0.1) is 6.92 Å². The summed E-state index contributed by atoms with van der Waals surface area (Å²) in [6, 6.07) is 13.3. The third-order valence-electron chi connectivity index (χ3n) is 3.44. The number of rotatable bonds is 5. The first kappa shape index (κ1) is 15.5. The van der Waals surface area contributed by atoms with Crippen molar-refractivity contribution in [3.05, 3.63) is 53.6 Å². The number of hydrogen-bond acceptors (Lipinski definition) is 4. The van der Waals surface area contributed by atoms with E-state index < -0.39 is 0 Å². The molecule has 0 atom stereocenters. The SMILES string of the molecule is CCCOc1ccc2nc(NC(=O)c3ccccc3C)sc2c1. The highest BCUT2D eigenvalue weighted by Crippen LogP contribution is 2.29. The zero-order valence-corrected chi connectivity index (χ0v) is 13.9. The first-order chi connectivity index (χ1) is 11.2. The van der Waals surface area contributed by atoms with Crippen molar-refractivity contribution in [3.8, 4) is 5.75 Å². The van der Waals surface area contributed by atoms with Gasteiger partial charge in [0.2, 0.25) is 0 Å². The minimum absolute atomic E-state index is 0.135. The molecule has 1 aromatic heterocycles. The Hall–Kier alpha value is -2.40. The van der Waals surface area contributed by atoms with Crippen LogP contribution in [0.15, 0.2) is 42.5 Å². The van der Waals surface area contributed by atoms with Crippen LogP contribution < -0.4 is 10.1 Å². The van der Waals surface area contributed by atoms with E-state index in [0.29, 0.717) is 17.3 Å². The number of benzene rings is 2. The molecule has 0 radical (unpaired) electrons. The second kappa shape index (κ2) is 6.79. The summed E-state index contributed by atoms with van der Waals surface area (Å²) in [7, 11) is 0. The summed E-state index contributed by atoms with van der Waals surface area (Å²) in [6.45, 7) is 4.69. The van der Waals surface area contributed by atoms with Crippen LogP contribution >= 0.6 is 11.3 Å². The van der Waals surface area contributed by atoms with E-state index in [1.807, 2.05) is 49.4 Å². The van der Waals surface area contributed by atoms with Crippen molar-refractivity contribution in [2.75, 3.05) is 11.9 Å². The van der Waals surface area contributed by atoms with E-state index >= 15 is 0 Å². The van der Waals surface area contributed by atoms with Gasteiger partial charge < -0.3 is 4.74 Å². The van der Waals surface area contributed by atoms with E-state index in [4.69, 9.17) is 4.74 Å². The Balaban J connectivity index is 1.80. The highest BCUT2D eigenvalue weighted by atomic mass is 32.1. The summed E-state index contributed by atoms with van der Waals surface area (Å²) < 4.78 is 6.63. The first-order valence-electron chi connectivity index (χ1n) is 7.57. The molecule has 0 saturated carbocycles. The van der Waals surface area contributed by atoms with Crippen molar-refractivity contribution < 1.29 is 9.53 Å². The number of ether oxygens (including phenoxy) is 1. The van der Waals surface area contributed by atoms with E-state index in [1.165, 1.54) is 11.3 Å². The van der Waals surface area contributed by atoms with Crippen molar-refractivity contribution in [2.24, 2.45) is 0 Å². The molecule has 118 valence electrons. The van der Waals surface area contributed by atoms with Crippen LogP contribution in [-0.2, 0) is 0 Å². The Kier molecular flexibility index (Phi) is 4.57. The fourth-order valence-corrected chi connectivity index (χ4v) is 3.15. The van der Waals surface area contributed by atoms with Crippen molar-refractivity contribution >= 4 is 32.6 Å². The maximum atomic E-state index is 12.4. The van der Waals surface area contributed by atoms with E-state index in [-0.39, 0.29) is 5.91 Å². The molecule has 23 heavy (non-hydrogen) atoms. The highest BCUT2D eigenvalue weighted by Gasteiger charge is 2.12. The number of carbonyl (C=O) groups is 1. The normalized spacial score (nSPS) is 10.7. The Morgan fingerprint density at radius 2 is 2.09 bits per heavy atom. The van der Waals surface area contributed by atoms with E-state index in [2.05, 4.69) is 17.2 Å². The molecular weight excluding hydrogens is 308 g/mol. The minimum Gasteiger partial charge on any atom is -0.494 e. The van der Waals surface area contributed by atoms with Gasteiger partial charge in [0.15, 0.2) is 5.13 Å². The van der Waals surface area contributed by atoms with E-state index in [9.17, 15) is 4.79 Å². The topological polar surface area (TPSA) is 51.2 Å². The molecule has 0 fully saturated rings. The molecule has 0 aliphatic carbocycles. The molecular formula is C18H18N2O2S. The molecule has 1 heterocycles. The van der Waals surface area contributed by atoms with Crippen LogP contribution in [0.2, 0.25) is 0 Å². The van der Waals surface area contributed by atoms with Crippen LogP contribution in [0.5, 0.6) is 5.75 Å². The average molecular weight is 326 g/mol. The van der Waals surface area contributed by atoms with Gasteiger partial charge in [-0.2, -0.15) is 0 Å². The Morgan fingerprint density at radius 3 is 2.87 bits per heavy atom. The molecule has 3 aromatic rings. The molecule has 1 N–H and O–H groups in total. The first-order valence-corrected chi connectivity index (χ1v) is 8.39. The molecule has 3 rings (SSSR count). The van der Waals surface area contributed by atoms with Gasteiger partial charge in [-0.15, -0.1) is 0 Å². The zero-order valence-electron chi connectivity index (χ0n) is 13.1. The van der Waals surface area contributed by atoms with Gasteiger partial charge in [-0.25, -0.2) is 4.98 Å². The standard InChI is InChI=1S/C18H18N2O2S/c1-3-10-22-13-8-9-15-16(11-13)23-18(19-15)20-17(21)14-7-5-4-6-12(14)2/h4-9,11H,3,10H2,1-2H3,(H,19,20,21). The quantitative estimate of drug-likeness (QED) is 0.743. The highest BCUT2D eigenvalue weighted by molar-refractivity contribution is 7.22. The molecule has 5 heteroatoms. The number of fused-ring (bicyclic) bond motifs is 1. The number of amides is 1. The molecule has 4 nitrogen and oxygen atoms in total. The van der Waals surface area contributed by atoms with Gasteiger partial charge in [0.25, 0.3) is 5.91 Å². The fourth-order valence-electron chi connectivity index (χ4n) is 2.26. The van der Waals surface area contributed by atoms with Crippen LogP contribution in [-0.4, -0.2) is 17.5 Å². The average Bonchev–Trinajstić information content (AvgIpc) is 2.94. The lowest BCUT2D eigenvalue weighted by Gasteiger charge is -2.04. The summed E-state index contributed by atoms with van der Waals surface area (Å²) >= 11 is 1.45. The fraction of sp³-hybridized carbons (Fsp3) is 0.222. The second-order valence-electron chi connectivity index (χ2n) is 5.27. The lowest BCUT2D eigenvalue weighted by atomic mass is 10.1. The lowest BCUT2D eigenvalue weighted by molar-refractivity contribution is 0.102. The Bertz CT molecular complexity index is 842. The van der Waals surface area contributed by atoms with Gasteiger partial charge in [-0.3, -0.25) is 10.1 Å². The number of hydrogen-bond donors (Lipinski definition) is 1. The molecule has 0 bridgehead atoms. The lowest BCUT2D eigenvalue weighted by Crippen LogP contribution is -2.12. The second-order valence-corrected chi connectivity index (χ2v) is 6.30. The number of anilines is 1. The summed E-state index contributed by atoms with van der Waals surface area (Å²) in [5.41, 5.74) is 2.47. The largest absolute Gasteiger partial charge is 0.494 e. The zero-order chi connectivity index (χ0) is 16.2. The summed E-state index contributed by atoms with van der Waals surface area (Å²) in [5.74, 6) is 0.699. The Morgan fingerprint density at radius 1 is 1.26 bits per heavy atom. The minimum atomic E-state index is -0.135. The predicted octanol–water partition coefficient (Wildman–Crippen LogP) is 4.65. The molecule has 0 aliphatic heterocycles. The molecule has 0 spiro atoms. The summed E-state index contributed by atoms with van der Waals surface area (Å²) in [6.07, 6.45) is 0.971. The van der Waals surface area contributed by atoms with Gasteiger partial charge in [-0.1, -0.05) is 36.5 Å². The van der Waals surface area contributed by atoms with Gasteiger partial charge in [-0.05, 0) is 43.2 Å². The molecule has 0 aliphatic rings. The van der Waals surface area contributed by atoms with Crippen LogP contribution in [0.4, 0.5) is 5.13 Å². The van der Waals surface area contributed by atoms with E-state index in [1.54, 1.807) is 0 Å². The van der Waals surface area contributed by atoms with Crippen molar-refractivity contribution in [2.45, 2.75) is 20.3 Å². The number of carbonyl (C=O) groups excluding carboxylic acids is 1. The van der Waals surface area contributed by atoms with Gasteiger partial charge in [0.1, 0.15) is 5.75 Å². The van der Waals surface area contributed by atoms with Crippen molar-refractivity contribution in [1.82, 2.24) is 4.98 Å². The van der Waals surface area contributed by atoms with Crippen LogP contribution in [0.3, 0.4) is 0 Å². The van der Waals surface area contributed by atoms with Gasteiger partial charge in [0.05, 0.1) is 16.8 Å². The predicted molar refractivity (Wildman–Crippen MR) is 94.5 cm³/mol. The van der Waals surface area contributed by atoms with Gasteiger partial charge >= 0.3 is 0 Å². The van der Waals surface area contributed by atoms with Crippen LogP contribution in [0.25, 0.3) is 10.2 Å². The third-order valence-corrected chi connectivity index (χ3v) is 4.38. The number of nitrogens with zero attached hydrogens (tertiary/aromatic N) is 1. The molecule has 0 saturated heterocycles. The van der Waals surface area contributed by atoms with E-state index in [0.717, 1.165) is 28.0 Å². The molecule has 1 amide bonds. The smallest absolute Gasteiger partial charge is 0.257 e. The summed E-state index contributed by atoms with van der Waals surface area (Å²) in [4.78, 5) is 16.8. The maximum absolute atomic E-state index is 12.4. The third kappa shape index (κ3) is 3.51. The molecule has 2 aromatic carbocycles. The van der Waals surface area contributed by atoms with Crippen molar-refractivity contribution in [1.29, 1.82) is 0 Å². The Labute approximate surface area is 139 Å². The number of aryl methyl sites for hydroxylation is 1. The van der Waals surface area contributed by atoms with Crippen LogP contribution in [0.1, 0.15) is 29.3 Å². The number of nitrogens with one attached hydrogen (secondary N) is 1. The monoisotopic (exact) mass is 326 g/mol. The number of aromatic nitrogens is 1. The van der Waals surface area contributed by atoms with Gasteiger partial charge in [0, 0.05) is 5.56 Å². The van der Waals surface area contributed by atoms with Crippen molar-refractivity contribution in [3.63, 3.8) is 0 Å². The number of thiazole rings is 1. The maximum Gasteiger partial charge on any atom is 0.257 e.